The minimum absolute atomic E-state index is 0.0555. The van der Waals surface area contributed by atoms with Crippen LogP contribution < -0.4 is 0 Å². The molecule has 3 fully saturated rings. The summed E-state index contributed by atoms with van der Waals surface area (Å²) in [5.74, 6) is -0.374. The quantitative estimate of drug-likeness (QED) is 0.457. The Labute approximate surface area is 117 Å². The fourth-order valence-electron chi connectivity index (χ4n) is 3.96. The number of hydrogen-bond acceptors (Lipinski definition) is 6. The summed E-state index contributed by atoms with van der Waals surface area (Å²) in [6.45, 7) is 0.360. The minimum Gasteiger partial charge on any atom is -0.465 e. The molecular weight excluding hydrogens is 268 g/mol. The lowest BCUT2D eigenvalue weighted by molar-refractivity contribution is -0.156. The molecule has 6 atom stereocenters. The van der Waals surface area contributed by atoms with Crippen molar-refractivity contribution >= 4 is 24.6 Å². The summed E-state index contributed by atoms with van der Waals surface area (Å²) in [6, 6.07) is 0. The molecule has 0 aromatic carbocycles. The molecule has 19 heavy (non-hydrogen) atoms. The summed E-state index contributed by atoms with van der Waals surface area (Å²) >= 11 is 4.08. The third-order valence-electron chi connectivity index (χ3n) is 4.64. The van der Waals surface area contributed by atoms with Gasteiger partial charge >= 0.3 is 11.9 Å². The maximum Gasteiger partial charge on any atom is 0.310 e. The van der Waals surface area contributed by atoms with Crippen LogP contribution in [0.5, 0.6) is 0 Å². The Bertz CT molecular complexity index is 398. The van der Waals surface area contributed by atoms with Crippen molar-refractivity contribution in [1.82, 2.24) is 0 Å². The Balaban J connectivity index is 1.75. The van der Waals surface area contributed by atoms with Crippen LogP contribution >= 0.6 is 12.6 Å². The van der Waals surface area contributed by atoms with Crippen molar-refractivity contribution in [3.63, 3.8) is 0 Å². The maximum absolute atomic E-state index is 12.2. The van der Waals surface area contributed by atoms with Gasteiger partial charge in [0.2, 0.25) is 0 Å². The predicted molar refractivity (Wildman–Crippen MR) is 68.7 cm³/mol. The molecule has 2 bridgehead atoms. The molecule has 2 aliphatic carbocycles. The topological polar surface area (TPSA) is 61.8 Å². The van der Waals surface area contributed by atoms with Crippen LogP contribution in [-0.4, -0.2) is 43.6 Å². The van der Waals surface area contributed by atoms with E-state index in [1.165, 1.54) is 0 Å². The highest BCUT2D eigenvalue weighted by Gasteiger charge is 2.69. The van der Waals surface area contributed by atoms with E-state index in [9.17, 15) is 9.59 Å². The van der Waals surface area contributed by atoms with Crippen molar-refractivity contribution in [1.29, 1.82) is 0 Å². The molecule has 0 radical (unpaired) electrons. The maximum atomic E-state index is 12.2. The van der Waals surface area contributed by atoms with Gasteiger partial charge in [-0.25, -0.2) is 0 Å². The standard InChI is InChI=1S/C13H18O5S/c1-16-10-6-5-7-9(13(15)18-11(7)10)8(6)12(14)17-3-2-4-19/h6-11,19H,2-5H2,1H3. The zero-order valence-corrected chi connectivity index (χ0v) is 11.7. The third kappa shape index (κ3) is 1.88. The van der Waals surface area contributed by atoms with E-state index < -0.39 is 0 Å². The van der Waals surface area contributed by atoms with E-state index in [-0.39, 0.29) is 47.8 Å². The predicted octanol–water partition coefficient (Wildman–Crippen LogP) is 0.672. The molecule has 0 N–H and O–H groups in total. The van der Waals surface area contributed by atoms with Crippen LogP contribution in [0.1, 0.15) is 12.8 Å². The number of rotatable bonds is 5. The van der Waals surface area contributed by atoms with Gasteiger partial charge in [-0.2, -0.15) is 12.6 Å². The van der Waals surface area contributed by atoms with Crippen molar-refractivity contribution < 1.29 is 23.8 Å². The van der Waals surface area contributed by atoms with Crippen molar-refractivity contribution in [3.05, 3.63) is 0 Å². The van der Waals surface area contributed by atoms with Crippen LogP contribution in [0, 0.1) is 23.7 Å². The first-order chi connectivity index (χ1) is 9.19. The van der Waals surface area contributed by atoms with Crippen LogP contribution in [0.4, 0.5) is 0 Å². The molecule has 1 saturated heterocycles. The van der Waals surface area contributed by atoms with Gasteiger partial charge in [0.15, 0.2) is 0 Å². The highest BCUT2D eigenvalue weighted by atomic mass is 32.1. The van der Waals surface area contributed by atoms with Gasteiger partial charge in [-0.15, -0.1) is 0 Å². The molecule has 0 aromatic rings. The Hall–Kier alpha value is -0.750. The molecule has 6 unspecified atom stereocenters. The number of fused-ring (bicyclic) bond motifs is 1. The van der Waals surface area contributed by atoms with E-state index in [2.05, 4.69) is 12.6 Å². The van der Waals surface area contributed by atoms with Gasteiger partial charge in [0.25, 0.3) is 0 Å². The van der Waals surface area contributed by atoms with Gasteiger partial charge in [-0.05, 0) is 18.6 Å². The Morgan fingerprint density at radius 2 is 2.26 bits per heavy atom. The summed E-state index contributed by atoms with van der Waals surface area (Å²) < 4.78 is 16.1. The Morgan fingerprint density at radius 1 is 1.47 bits per heavy atom. The summed E-state index contributed by atoms with van der Waals surface area (Å²) in [5.41, 5.74) is 0. The van der Waals surface area contributed by atoms with Gasteiger partial charge in [0.05, 0.1) is 24.5 Å². The second-order valence-electron chi connectivity index (χ2n) is 5.46. The number of hydrogen-bond donors (Lipinski definition) is 1. The summed E-state index contributed by atoms with van der Waals surface area (Å²) in [6.07, 6.45) is 1.23. The summed E-state index contributed by atoms with van der Waals surface area (Å²) in [7, 11) is 1.61. The van der Waals surface area contributed by atoms with Crippen molar-refractivity contribution in [2.45, 2.75) is 25.0 Å². The number of carbonyl (C=O) groups is 2. The first kappa shape index (κ1) is 13.2. The second kappa shape index (κ2) is 4.98. The molecule has 0 aromatic heterocycles. The molecule has 1 aliphatic heterocycles. The summed E-state index contributed by atoms with van der Waals surface area (Å²) in [4.78, 5) is 24.1. The zero-order valence-electron chi connectivity index (χ0n) is 10.8. The number of ether oxygens (including phenoxy) is 3. The van der Waals surface area contributed by atoms with Crippen LogP contribution in [0.25, 0.3) is 0 Å². The summed E-state index contributed by atoms with van der Waals surface area (Å²) in [5, 5.41) is 0. The molecule has 0 spiro atoms. The van der Waals surface area contributed by atoms with Gasteiger partial charge in [-0.1, -0.05) is 0 Å². The molecule has 0 amide bonds. The average molecular weight is 286 g/mol. The minimum atomic E-state index is -0.388. The third-order valence-corrected chi connectivity index (χ3v) is 4.95. The second-order valence-corrected chi connectivity index (χ2v) is 5.91. The molecule has 6 heteroatoms. The van der Waals surface area contributed by atoms with Crippen LogP contribution in [0.15, 0.2) is 0 Å². The normalized spacial score (nSPS) is 42.5. The molecule has 5 nitrogen and oxygen atoms in total. The van der Waals surface area contributed by atoms with E-state index >= 15 is 0 Å². The van der Waals surface area contributed by atoms with E-state index in [0.29, 0.717) is 12.4 Å². The number of esters is 2. The fraction of sp³-hybridized carbons (Fsp3) is 0.846. The van der Waals surface area contributed by atoms with Crippen LogP contribution in [0.3, 0.4) is 0 Å². The first-order valence-electron chi connectivity index (χ1n) is 6.69. The molecule has 1 heterocycles. The molecule has 3 rings (SSSR count). The zero-order chi connectivity index (χ0) is 13.6. The first-order valence-corrected chi connectivity index (χ1v) is 7.33. The highest BCUT2D eigenvalue weighted by Crippen LogP contribution is 2.58. The van der Waals surface area contributed by atoms with Gasteiger partial charge < -0.3 is 14.2 Å². The van der Waals surface area contributed by atoms with E-state index in [0.717, 1.165) is 12.8 Å². The van der Waals surface area contributed by atoms with Gasteiger partial charge in [0.1, 0.15) is 6.10 Å². The molecule has 3 aliphatic rings. The molecular formula is C13H18O5S. The van der Waals surface area contributed by atoms with Crippen molar-refractivity contribution in [3.8, 4) is 0 Å². The number of thiol groups is 1. The number of carbonyl (C=O) groups excluding carboxylic acids is 2. The van der Waals surface area contributed by atoms with Gasteiger partial charge in [0, 0.05) is 18.9 Å². The monoisotopic (exact) mass is 286 g/mol. The van der Waals surface area contributed by atoms with Crippen LogP contribution in [-0.2, 0) is 23.8 Å². The van der Waals surface area contributed by atoms with Crippen LogP contribution in [0.2, 0.25) is 0 Å². The van der Waals surface area contributed by atoms with E-state index in [4.69, 9.17) is 14.2 Å². The lowest BCUT2D eigenvalue weighted by Crippen LogP contribution is -2.42. The lowest BCUT2D eigenvalue weighted by Gasteiger charge is -2.29. The van der Waals surface area contributed by atoms with Crippen molar-refractivity contribution in [2.24, 2.45) is 23.7 Å². The Morgan fingerprint density at radius 3 is 2.95 bits per heavy atom. The largest absolute Gasteiger partial charge is 0.465 e. The molecule has 106 valence electrons. The van der Waals surface area contributed by atoms with Gasteiger partial charge in [-0.3, -0.25) is 9.59 Å². The van der Waals surface area contributed by atoms with Crippen molar-refractivity contribution in [2.75, 3.05) is 19.5 Å². The van der Waals surface area contributed by atoms with E-state index in [1.807, 2.05) is 0 Å². The smallest absolute Gasteiger partial charge is 0.310 e. The fourth-order valence-corrected chi connectivity index (χ4v) is 4.09. The molecule has 2 saturated carbocycles. The lowest BCUT2D eigenvalue weighted by atomic mass is 9.78. The number of methoxy groups -OCH3 is 1. The SMILES string of the molecule is COC1C2CC3C1OC(=O)C3C2C(=O)OCCCS. The average Bonchev–Trinajstić information content (AvgIpc) is 2.99. The Kier molecular flexibility index (Phi) is 3.47. The highest BCUT2D eigenvalue weighted by molar-refractivity contribution is 7.80. The van der Waals surface area contributed by atoms with E-state index in [1.54, 1.807) is 7.11 Å².